The maximum absolute atomic E-state index is 12.9. The molecule has 0 radical (unpaired) electrons. The molecule has 0 aromatic carbocycles. The molecular weight excluding hydrogens is 507 g/mol. The number of hydrogen-bond acceptors (Lipinski definition) is 4. The Labute approximate surface area is 238 Å². The van der Waals surface area contributed by atoms with Gasteiger partial charge >= 0.3 is 11.9 Å². The topological polar surface area (TPSA) is 72.8 Å². The van der Waals surface area contributed by atoms with E-state index in [2.05, 4.69) is 57.4 Å². The number of ether oxygens (including phenoxy) is 2. The van der Waals surface area contributed by atoms with Crippen LogP contribution in [0.4, 0.5) is 0 Å². The zero-order valence-corrected chi connectivity index (χ0v) is 26.5. The molecule has 0 aliphatic heterocycles. The Morgan fingerprint density at radius 1 is 0.897 bits per heavy atom. The van der Waals surface area contributed by atoms with Crippen LogP contribution in [0.15, 0.2) is 12.2 Å². The van der Waals surface area contributed by atoms with Crippen LogP contribution in [0.25, 0.3) is 0 Å². The predicted octanol–water partition coefficient (Wildman–Crippen LogP) is 7.49. The fourth-order valence-electron chi connectivity index (χ4n) is 12.0. The highest BCUT2D eigenvalue weighted by Crippen LogP contribution is 2.77. The molecular formula is C33H53O5P. The average Bonchev–Trinajstić information content (AvgIpc) is 3.26. The van der Waals surface area contributed by atoms with Crippen molar-refractivity contribution in [2.24, 2.45) is 56.7 Å². The zero-order valence-electron chi connectivity index (χ0n) is 25.3. The van der Waals surface area contributed by atoms with Gasteiger partial charge in [-0.2, -0.15) is 0 Å². The highest BCUT2D eigenvalue weighted by atomic mass is 31.0. The summed E-state index contributed by atoms with van der Waals surface area (Å²) in [5.41, 5.74) is 1.03. The smallest absolute Gasteiger partial charge is 0.332 e. The van der Waals surface area contributed by atoms with E-state index < -0.39 is 11.4 Å². The molecule has 5 rings (SSSR count). The van der Waals surface area contributed by atoms with Crippen molar-refractivity contribution in [2.75, 3.05) is 13.0 Å². The SMILES string of the molecule is C=C(C)[C@@H]1CC[C@]2(C(=O)O)CC[C@]3(C)[C@H](CC[C@@H]4[C@@]5(C)CC[C@H](OC(=O)COCP)C(C)(C)[C@@H]5CC[C@]43C)[C@@H]12. The molecule has 39 heavy (non-hydrogen) atoms. The molecule has 0 spiro atoms. The van der Waals surface area contributed by atoms with E-state index in [1.54, 1.807) is 0 Å². The van der Waals surface area contributed by atoms with Crippen molar-refractivity contribution >= 4 is 21.2 Å². The van der Waals surface area contributed by atoms with Crippen LogP contribution >= 0.6 is 9.24 Å². The van der Waals surface area contributed by atoms with E-state index in [0.29, 0.717) is 30.0 Å². The Kier molecular flexibility index (Phi) is 7.45. The van der Waals surface area contributed by atoms with Crippen molar-refractivity contribution in [3.63, 3.8) is 0 Å². The number of carboxylic acid groups (broad SMARTS) is 1. The molecule has 5 nitrogen and oxygen atoms in total. The summed E-state index contributed by atoms with van der Waals surface area (Å²) in [5.74, 6) is 1.27. The van der Waals surface area contributed by atoms with Crippen LogP contribution < -0.4 is 0 Å². The van der Waals surface area contributed by atoms with Gasteiger partial charge in [-0.15, -0.1) is 9.24 Å². The van der Waals surface area contributed by atoms with Crippen LogP contribution in [0.2, 0.25) is 0 Å². The van der Waals surface area contributed by atoms with Crippen LogP contribution in [-0.2, 0) is 19.1 Å². The summed E-state index contributed by atoms with van der Waals surface area (Å²) in [7, 11) is 2.48. The van der Waals surface area contributed by atoms with E-state index in [4.69, 9.17) is 9.47 Å². The Morgan fingerprint density at radius 2 is 1.62 bits per heavy atom. The third-order valence-corrected chi connectivity index (χ3v) is 14.3. The van der Waals surface area contributed by atoms with Gasteiger partial charge in [0.2, 0.25) is 0 Å². The Bertz CT molecular complexity index is 1020. The van der Waals surface area contributed by atoms with Crippen molar-refractivity contribution in [3.05, 3.63) is 12.2 Å². The van der Waals surface area contributed by atoms with E-state index in [9.17, 15) is 14.7 Å². The fourth-order valence-corrected chi connectivity index (χ4v) is 12.2. The third kappa shape index (κ3) is 4.05. The van der Waals surface area contributed by atoms with Crippen molar-refractivity contribution in [1.29, 1.82) is 0 Å². The second kappa shape index (κ2) is 9.82. The van der Waals surface area contributed by atoms with Gasteiger partial charge in [0, 0.05) is 5.41 Å². The molecule has 0 aromatic heterocycles. The first-order valence-electron chi connectivity index (χ1n) is 15.5. The summed E-state index contributed by atoms with van der Waals surface area (Å²) in [6, 6.07) is 0. The molecule has 5 aliphatic carbocycles. The molecule has 5 saturated carbocycles. The summed E-state index contributed by atoms with van der Waals surface area (Å²) < 4.78 is 11.3. The van der Waals surface area contributed by atoms with Gasteiger partial charge in [0.1, 0.15) is 12.7 Å². The summed E-state index contributed by atoms with van der Waals surface area (Å²) in [4.78, 5) is 25.4. The first-order valence-corrected chi connectivity index (χ1v) is 16.4. The zero-order chi connectivity index (χ0) is 28.6. The van der Waals surface area contributed by atoms with Crippen LogP contribution in [0.5, 0.6) is 0 Å². The lowest BCUT2D eigenvalue weighted by Crippen LogP contribution is -2.67. The lowest BCUT2D eigenvalue weighted by atomic mass is 9.32. The number of aliphatic carboxylic acids is 1. The predicted molar refractivity (Wildman–Crippen MR) is 157 cm³/mol. The van der Waals surface area contributed by atoms with Crippen molar-refractivity contribution < 1.29 is 24.2 Å². The minimum atomic E-state index is -0.567. The Balaban J connectivity index is 1.45. The minimum absolute atomic E-state index is 0.0165. The molecule has 5 fully saturated rings. The Hall–Kier alpha value is -0.930. The fraction of sp³-hybridized carbons (Fsp3) is 0.879. The largest absolute Gasteiger partial charge is 0.481 e. The van der Waals surface area contributed by atoms with E-state index >= 15 is 0 Å². The van der Waals surface area contributed by atoms with Crippen LogP contribution in [0, 0.1) is 56.7 Å². The number of esters is 1. The molecule has 0 saturated heterocycles. The van der Waals surface area contributed by atoms with Gasteiger partial charge < -0.3 is 14.6 Å². The molecule has 5 aliphatic rings. The molecule has 11 atom stereocenters. The standard InChI is InChI=1S/C33H53O5P/c1-20(2)21-10-15-33(28(35)36)17-16-31(6)22(27(21)33)8-9-24-30(5)13-12-25(38-26(34)18-37-19-39)29(3,4)23(30)11-14-32(24,31)7/h21-25,27H,1,8-19,39H2,2-7H3,(H,35,36)/t21-,22+,23-,24+,25-,27+,30-,31+,32+,33-/m0/s1. The lowest BCUT2D eigenvalue weighted by Gasteiger charge is -2.72. The van der Waals surface area contributed by atoms with Gasteiger partial charge in [0.25, 0.3) is 0 Å². The molecule has 0 bridgehead atoms. The highest BCUT2D eigenvalue weighted by molar-refractivity contribution is 7.16. The average molecular weight is 561 g/mol. The number of allylic oxidation sites excluding steroid dienone is 1. The van der Waals surface area contributed by atoms with Crippen molar-refractivity contribution in [1.82, 2.24) is 0 Å². The van der Waals surface area contributed by atoms with E-state index in [0.717, 1.165) is 51.4 Å². The summed E-state index contributed by atoms with van der Waals surface area (Å²) in [6.07, 6.45) is 10.6. The third-order valence-electron chi connectivity index (χ3n) is 14.0. The van der Waals surface area contributed by atoms with Gasteiger partial charge in [-0.1, -0.05) is 46.8 Å². The van der Waals surface area contributed by atoms with Crippen LogP contribution in [0.1, 0.15) is 106 Å². The minimum Gasteiger partial charge on any atom is -0.481 e. The monoisotopic (exact) mass is 560 g/mol. The van der Waals surface area contributed by atoms with Crippen molar-refractivity contribution in [2.45, 2.75) is 112 Å². The number of rotatable bonds is 6. The first kappa shape index (κ1) is 29.6. The number of carboxylic acids is 1. The molecule has 0 amide bonds. The van der Waals surface area contributed by atoms with Gasteiger partial charge in [-0.3, -0.25) is 4.79 Å². The van der Waals surface area contributed by atoms with Gasteiger partial charge in [-0.25, -0.2) is 4.79 Å². The molecule has 1 unspecified atom stereocenters. The number of hydrogen-bond donors (Lipinski definition) is 1. The second-order valence-corrected chi connectivity index (χ2v) is 15.8. The lowest BCUT2D eigenvalue weighted by molar-refractivity contribution is -0.250. The molecule has 6 heteroatoms. The van der Waals surface area contributed by atoms with E-state index in [1.807, 2.05) is 0 Å². The molecule has 0 aromatic rings. The summed E-state index contributed by atoms with van der Waals surface area (Å²) in [6.45, 7) is 18.9. The molecule has 220 valence electrons. The molecule has 1 N–H and O–H groups in total. The number of carbonyl (C=O) groups is 2. The normalized spacial score (nSPS) is 48.2. The highest BCUT2D eigenvalue weighted by Gasteiger charge is 2.72. The number of carbonyl (C=O) groups excluding carboxylic acids is 1. The maximum Gasteiger partial charge on any atom is 0.332 e. The first-order chi connectivity index (χ1) is 18.2. The summed E-state index contributed by atoms with van der Waals surface area (Å²) >= 11 is 0. The van der Waals surface area contributed by atoms with Crippen LogP contribution in [-0.4, -0.2) is 36.1 Å². The Morgan fingerprint density at radius 3 is 2.26 bits per heavy atom. The van der Waals surface area contributed by atoms with Crippen LogP contribution in [0.3, 0.4) is 0 Å². The quantitative estimate of drug-likeness (QED) is 0.207. The maximum atomic E-state index is 12.9. The van der Waals surface area contributed by atoms with Gasteiger partial charge in [-0.05, 0) is 117 Å². The van der Waals surface area contributed by atoms with Gasteiger partial charge in [0.15, 0.2) is 0 Å². The number of fused-ring (bicyclic) bond motifs is 7. The summed E-state index contributed by atoms with van der Waals surface area (Å²) in [5, 5.41) is 10.6. The van der Waals surface area contributed by atoms with E-state index in [1.165, 1.54) is 18.4 Å². The van der Waals surface area contributed by atoms with Gasteiger partial charge in [0.05, 0.1) is 11.8 Å². The van der Waals surface area contributed by atoms with E-state index in [-0.39, 0.29) is 46.3 Å². The van der Waals surface area contributed by atoms with Crippen molar-refractivity contribution in [3.8, 4) is 0 Å². The molecule has 0 heterocycles. The second-order valence-electron chi connectivity index (χ2n) is 15.5.